The lowest BCUT2D eigenvalue weighted by Gasteiger charge is -2.34. The van der Waals surface area contributed by atoms with Crippen molar-refractivity contribution in [2.24, 2.45) is 10.9 Å². The molecule has 29 heavy (non-hydrogen) atoms. The van der Waals surface area contributed by atoms with Gasteiger partial charge in [0.25, 0.3) is 5.91 Å². The zero-order valence-corrected chi connectivity index (χ0v) is 17.8. The van der Waals surface area contributed by atoms with E-state index in [1.807, 2.05) is 13.8 Å². The van der Waals surface area contributed by atoms with Crippen LogP contribution in [-0.4, -0.2) is 70.8 Å². The molecule has 3 aliphatic heterocycles. The highest BCUT2D eigenvalue weighted by Gasteiger charge is 2.53. The van der Waals surface area contributed by atoms with Crippen molar-refractivity contribution in [3.05, 3.63) is 29.8 Å². The molecule has 0 spiro atoms. The largest absolute Gasteiger partial charge is 0.397 e. The highest BCUT2D eigenvalue weighted by molar-refractivity contribution is 6.24. The number of nitrogens with zero attached hydrogens (tertiary/aromatic N) is 5. The molecule has 0 radical (unpaired) electrons. The third-order valence-corrected chi connectivity index (χ3v) is 5.87. The zero-order valence-electron chi connectivity index (χ0n) is 17.8. The zero-order chi connectivity index (χ0) is 20.7. The molecule has 7 heteroatoms. The number of fused-ring (bicyclic) bond motifs is 2. The van der Waals surface area contributed by atoms with Gasteiger partial charge in [0.2, 0.25) is 11.9 Å². The summed E-state index contributed by atoms with van der Waals surface area (Å²) in [4.78, 5) is 36.1. The summed E-state index contributed by atoms with van der Waals surface area (Å²) in [6, 6.07) is 7.74. The van der Waals surface area contributed by atoms with Crippen molar-refractivity contribution >= 4 is 29.4 Å². The minimum atomic E-state index is -0.512. The second-order valence-corrected chi connectivity index (χ2v) is 8.43. The Labute approximate surface area is 172 Å². The normalized spacial score (nSPS) is 22.2. The minimum absolute atomic E-state index is 0.154. The third-order valence-electron chi connectivity index (χ3n) is 5.87. The van der Waals surface area contributed by atoms with E-state index >= 15 is 0 Å². The van der Waals surface area contributed by atoms with Gasteiger partial charge in [-0.15, -0.1) is 0 Å². The van der Waals surface area contributed by atoms with Crippen LogP contribution in [0.5, 0.6) is 0 Å². The van der Waals surface area contributed by atoms with Gasteiger partial charge in [0, 0.05) is 13.6 Å². The average molecular weight is 397 g/mol. The summed E-state index contributed by atoms with van der Waals surface area (Å²) in [6.07, 6.45) is 3.02. The summed E-state index contributed by atoms with van der Waals surface area (Å²) in [7, 11) is 1.72. The number of hydrogen-bond acceptors (Lipinski definition) is 4. The summed E-state index contributed by atoms with van der Waals surface area (Å²) < 4.78 is 2.09. The fraction of sp³-hybridized carbons (Fsp3) is 0.545. The maximum atomic E-state index is 13.3. The van der Waals surface area contributed by atoms with E-state index in [4.69, 9.17) is 4.99 Å². The van der Waals surface area contributed by atoms with Gasteiger partial charge < -0.3 is 0 Å². The van der Waals surface area contributed by atoms with Gasteiger partial charge in [-0.25, -0.2) is 14.3 Å². The minimum Gasteiger partial charge on any atom is -0.270 e. The molecule has 0 aromatic heterocycles. The van der Waals surface area contributed by atoms with E-state index in [2.05, 4.69) is 40.7 Å². The number of likely N-dealkylation sites (N-methyl/N-ethyl adjacent to an activating group) is 1. The maximum Gasteiger partial charge on any atom is 0.397 e. The Kier molecular flexibility index (Phi) is 5.15. The predicted octanol–water partition coefficient (Wildman–Crippen LogP) is 2.55. The van der Waals surface area contributed by atoms with E-state index in [9.17, 15) is 9.59 Å². The van der Waals surface area contributed by atoms with Crippen LogP contribution in [0.3, 0.4) is 0 Å². The lowest BCUT2D eigenvalue weighted by Crippen LogP contribution is -2.63. The number of rotatable bonds is 4. The Bertz CT molecular complexity index is 887. The number of hydrogen-bond donors (Lipinski definition) is 0. The summed E-state index contributed by atoms with van der Waals surface area (Å²) >= 11 is 0. The first-order valence-electron chi connectivity index (χ1n) is 10.6. The van der Waals surface area contributed by atoms with Crippen LogP contribution in [0.15, 0.2) is 29.3 Å². The highest BCUT2D eigenvalue weighted by Crippen LogP contribution is 2.27. The van der Waals surface area contributed by atoms with Crippen LogP contribution in [0, 0.1) is 5.92 Å². The van der Waals surface area contributed by atoms with Gasteiger partial charge in [0.15, 0.2) is 0 Å². The standard InChI is InChI=1S/C22H30N5O2/c1-5-16-8-10-17(11-9-16)25-12-6-7-13-26-18-19(23-21(25)26)24(4)22(29)27(20(18)28)14-15(2)3/h8-11,15,18H,5-7,12-14H2,1-4H3/q+1. The lowest BCUT2D eigenvalue weighted by molar-refractivity contribution is -0.535. The molecule has 154 valence electrons. The van der Waals surface area contributed by atoms with Crippen LogP contribution in [-0.2, 0) is 11.2 Å². The fourth-order valence-corrected chi connectivity index (χ4v) is 4.29. The first kappa shape index (κ1) is 19.6. The molecule has 1 fully saturated rings. The molecule has 3 heterocycles. The van der Waals surface area contributed by atoms with Crippen LogP contribution >= 0.6 is 0 Å². The molecule has 3 amide bonds. The van der Waals surface area contributed by atoms with Crippen molar-refractivity contribution in [3.63, 3.8) is 0 Å². The van der Waals surface area contributed by atoms with Crippen LogP contribution in [0.25, 0.3) is 0 Å². The number of aliphatic imine (C=N–C) groups is 1. The molecule has 1 aromatic carbocycles. The van der Waals surface area contributed by atoms with Crippen molar-refractivity contribution in [1.29, 1.82) is 0 Å². The molecule has 1 unspecified atom stereocenters. The Balaban J connectivity index is 1.74. The predicted molar refractivity (Wildman–Crippen MR) is 113 cm³/mol. The molecule has 0 bridgehead atoms. The summed E-state index contributed by atoms with van der Waals surface area (Å²) in [5, 5.41) is 0. The summed E-state index contributed by atoms with van der Waals surface area (Å²) in [6.45, 7) is 8.22. The Hall–Kier alpha value is -2.70. The fourth-order valence-electron chi connectivity index (χ4n) is 4.29. The van der Waals surface area contributed by atoms with Gasteiger partial charge in [0.05, 0.1) is 13.1 Å². The Morgan fingerprint density at radius 3 is 2.55 bits per heavy atom. The van der Waals surface area contributed by atoms with Gasteiger partial charge in [-0.2, -0.15) is 0 Å². The molecule has 1 aromatic rings. The summed E-state index contributed by atoms with van der Waals surface area (Å²) in [5.41, 5.74) is 2.37. The van der Waals surface area contributed by atoms with Crippen LogP contribution in [0.2, 0.25) is 0 Å². The smallest absolute Gasteiger partial charge is 0.270 e. The van der Waals surface area contributed by atoms with Crippen molar-refractivity contribution in [3.8, 4) is 0 Å². The number of benzene rings is 1. The quantitative estimate of drug-likeness (QED) is 0.735. The van der Waals surface area contributed by atoms with Gasteiger partial charge in [-0.3, -0.25) is 14.6 Å². The van der Waals surface area contributed by atoms with Crippen LogP contribution in [0.4, 0.5) is 10.5 Å². The second kappa shape index (κ2) is 7.61. The van der Waals surface area contributed by atoms with Crippen LogP contribution < -0.4 is 4.90 Å². The van der Waals surface area contributed by atoms with E-state index in [0.717, 1.165) is 44.0 Å². The molecule has 1 saturated heterocycles. The number of anilines is 1. The topological polar surface area (TPSA) is 59.2 Å². The average Bonchev–Trinajstić information content (AvgIpc) is 2.97. The Morgan fingerprint density at radius 2 is 1.90 bits per heavy atom. The second-order valence-electron chi connectivity index (χ2n) is 8.43. The molecule has 1 atom stereocenters. The number of guanidine groups is 1. The first-order chi connectivity index (χ1) is 13.9. The SMILES string of the molecule is CCc1ccc(N2CCCC[N+]3=C2N=C2C3C(=O)N(CC(C)C)C(=O)N2C)cc1. The van der Waals surface area contributed by atoms with Gasteiger partial charge in [-0.1, -0.05) is 37.9 Å². The van der Waals surface area contributed by atoms with Crippen molar-refractivity contribution in [2.45, 2.75) is 46.1 Å². The molecule has 7 nitrogen and oxygen atoms in total. The Morgan fingerprint density at radius 1 is 1.17 bits per heavy atom. The van der Waals surface area contributed by atoms with Gasteiger partial charge in [0.1, 0.15) is 5.69 Å². The maximum absolute atomic E-state index is 13.3. The van der Waals surface area contributed by atoms with E-state index in [-0.39, 0.29) is 17.9 Å². The number of imide groups is 1. The first-order valence-corrected chi connectivity index (χ1v) is 10.6. The number of amides is 3. The molecule has 4 rings (SSSR count). The molecular formula is C22H30N5O2+. The van der Waals surface area contributed by atoms with Crippen LogP contribution in [0.1, 0.15) is 39.2 Å². The van der Waals surface area contributed by atoms with Crippen molar-refractivity contribution in [1.82, 2.24) is 9.80 Å². The molecule has 3 aliphatic rings. The highest BCUT2D eigenvalue weighted by atomic mass is 16.2. The van der Waals surface area contributed by atoms with E-state index in [0.29, 0.717) is 12.4 Å². The number of aryl methyl sites for hydroxylation is 1. The number of carbonyl (C=O) groups is 2. The molecule has 0 N–H and O–H groups in total. The van der Waals surface area contributed by atoms with Gasteiger partial charge in [-0.05, 0) is 42.9 Å². The van der Waals surface area contributed by atoms with Crippen molar-refractivity contribution < 1.29 is 14.2 Å². The summed E-state index contributed by atoms with van der Waals surface area (Å²) in [5.74, 6) is 1.40. The molecule has 0 aliphatic carbocycles. The molecular weight excluding hydrogens is 366 g/mol. The van der Waals surface area contributed by atoms with E-state index < -0.39 is 6.04 Å². The number of urea groups is 1. The molecule has 0 saturated carbocycles. The van der Waals surface area contributed by atoms with E-state index in [1.54, 1.807) is 11.9 Å². The monoisotopic (exact) mass is 396 g/mol. The number of amidine groups is 1. The van der Waals surface area contributed by atoms with E-state index in [1.165, 1.54) is 10.5 Å². The van der Waals surface area contributed by atoms with Crippen molar-refractivity contribution in [2.75, 3.05) is 31.6 Å². The third kappa shape index (κ3) is 3.32. The lowest BCUT2D eigenvalue weighted by atomic mass is 10.1. The van der Waals surface area contributed by atoms with Gasteiger partial charge >= 0.3 is 12.0 Å². The number of carbonyl (C=O) groups excluding carboxylic acids is 2.